The molecule has 10 heteroatoms. The Morgan fingerprint density at radius 1 is 1.22 bits per heavy atom. The number of carbonyl (C=O) groups is 3. The number of carboxylic acid groups (broad SMARTS) is 2. The van der Waals surface area contributed by atoms with Crippen LogP contribution in [-0.4, -0.2) is 80.0 Å². The lowest BCUT2D eigenvalue weighted by Gasteiger charge is -2.30. The summed E-state index contributed by atoms with van der Waals surface area (Å²) in [6.07, 6.45) is -0.0987. The Bertz CT molecular complexity index is 818. The number of thioether (sulfide) groups is 2. The van der Waals surface area contributed by atoms with Gasteiger partial charge in [0.2, 0.25) is 5.91 Å². The molecule has 1 aromatic carbocycles. The third-order valence-electron chi connectivity index (χ3n) is 5.80. The minimum Gasteiger partial charge on any atom is -0.481 e. The number of rotatable bonds is 10. The quantitative estimate of drug-likeness (QED) is 0.432. The van der Waals surface area contributed by atoms with Gasteiger partial charge in [-0.2, -0.15) is 0 Å². The SMILES string of the molecule is CCO[C@@H](CC(C(=O)O)c1ccccc1)N[C@@H](C)C(=O)N1CC2(C[C@H]1C(=O)O)SCCS2. The van der Waals surface area contributed by atoms with Crippen LogP contribution >= 0.6 is 23.5 Å². The highest BCUT2D eigenvalue weighted by Crippen LogP contribution is 2.51. The Labute approximate surface area is 196 Å². The lowest BCUT2D eigenvalue weighted by atomic mass is 9.95. The highest BCUT2D eigenvalue weighted by molar-refractivity contribution is 8.21. The van der Waals surface area contributed by atoms with Crippen molar-refractivity contribution in [1.82, 2.24) is 10.2 Å². The molecule has 2 fully saturated rings. The number of ether oxygens (including phenoxy) is 1. The van der Waals surface area contributed by atoms with Crippen LogP contribution in [0.4, 0.5) is 0 Å². The highest BCUT2D eigenvalue weighted by atomic mass is 32.2. The molecule has 4 atom stereocenters. The molecule has 0 aromatic heterocycles. The summed E-state index contributed by atoms with van der Waals surface area (Å²) in [5.41, 5.74) is 0.660. The number of carboxylic acids is 2. The lowest BCUT2D eigenvalue weighted by molar-refractivity contribution is -0.149. The van der Waals surface area contributed by atoms with Crippen molar-refractivity contribution in [2.24, 2.45) is 0 Å². The maximum Gasteiger partial charge on any atom is 0.326 e. The van der Waals surface area contributed by atoms with Gasteiger partial charge < -0.3 is 19.8 Å². The Balaban J connectivity index is 1.70. The maximum atomic E-state index is 13.2. The first-order valence-corrected chi connectivity index (χ1v) is 12.7. The monoisotopic (exact) mass is 482 g/mol. The molecule has 1 spiro atoms. The molecule has 1 amide bonds. The molecule has 0 saturated carbocycles. The maximum absolute atomic E-state index is 13.2. The van der Waals surface area contributed by atoms with Gasteiger partial charge in [0.1, 0.15) is 12.3 Å². The Morgan fingerprint density at radius 3 is 2.44 bits per heavy atom. The fourth-order valence-electron chi connectivity index (χ4n) is 4.26. The number of hydrogen-bond donors (Lipinski definition) is 3. The van der Waals surface area contributed by atoms with E-state index in [0.29, 0.717) is 25.1 Å². The second kappa shape index (κ2) is 10.9. The molecular weight excluding hydrogens is 452 g/mol. The van der Waals surface area contributed by atoms with Crippen molar-refractivity contribution in [2.75, 3.05) is 24.7 Å². The second-order valence-electron chi connectivity index (χ2n) is 8.00. The third-order valence-corrected chi connectivity index (χ3v) is 9.22. The first kappa shape index (κ1) is 24.9. The van der Waals surface area contributed by atoms with E-state index in [9.17, 15) is 24.6 Å². The number of hydrogen-bond acceptors (Lipinski definition) is 7. The largest absolute Gasteiger partial charge is 0.481 e. The van der Waals surface area contributed by atoms with Crippen molar-refractivity contribution in [3.63, 3.8) is 0 Å². The molecule has 8 nitrogen and oxygen atoms in total. The van der Waals surface area contributed by atoms with Crippen LogP contribution < -0.4 is 5.32 Å². The van der Waals surface area contributed by atoms with Crippen LogP contribution in [0.15, 0.2) is 30.3 Å². The van der Waals surface area contributed by atoms with Crippen molar-refractivity contribution >= 4 is 41.4 Å². The van der Waals surface area contributed by atoms with E-state index in [4.69, 9.17) is 4.74 Å². The molecule has 2 aliphatic heterocycles. The number of carbonyl (C=O) groups excluding carboxylic acids is 1. The molecule has 3 rings (SSSR count). The minimum atomic E-state index is -0.994. The zero-order valence-electron chi connectivity index (χ0n) is 18.2. The fourth-order valence-corrected chi connectivity index (χ4v) is 7.52. The summed E-state index contributed by atoms with van der Waals surface area (Å²) < 4.78 is 5.47. The molecule has 1 unspecified atom stereocenters. The van der Waals surface area contributed by atoms with Crippen LogP contribution in [0.25, 0.3) is 0 Å². The number of nitrogens with one attached hydrogen (secondary N) is 1. The molecule has 2 heterocycles. The van der Waals surface area contributed by atoms with Crippen LogP contribution in [0.5, 0.6) is 0 Å². The first-order valence-electron chi connectivity index (χ1n) is 10.7. The third kappa shape index (κ3) is 5.78. The summed E-state index contributed by atoms with van der Waals surface area (Å²) in [5, 5.41) is 22.6. The van der Waals surface area contributed by atoms with E-state index in [1.54, 1.807) is 61.6 Å². The van der Waals surface area contributed by atoms with Gasteiger partial charge in [0.15, 0.2) is 0 Å². The van der Waals surface area contributed by atoms with Gasteiger partial charge in [0, 0.05) is 37.5 Å². The van der Waals surface area contributed by atoms with Crippen molar-refractivity contribution in [2.45, 2.75) is 55.0 Å². The van der Waals surface area contributed by atoms with E-state index >= 15 is 0 Å². The van der Waals surface area contributed by atoms with Crippen molar-refractivity contribution in [3.05, 3.63) is 35.9 Å². The van der Waals surface area contributed by atoms with Crippen LogP contribution in [0.3, 0.4) is 0 Å². The van der Waals surface area contributed by atoms with Gasteiger partial charge in [-0.3, -0.25) is 14.9 Å². The van der Waals surface area contributed by atoms with Crippen LogP contribution in [0.1, 0.15) is 38.2 Å². The molecule has 2 aliphatic rings. The molecule has 1 aromatic rings. The number of nitrogens with zero attached hydrogens (tertiary/aromatic N) is 1. The van der Waals surface area contributed by atoms with Crippen LogP contribution in [-0.2, 0) is 19.1 Å². The summed E-state index contributed by atoms with van der Waals surface area (Å²) in [4.78, 5) is 38.5. The zero-order chi connectivity index (χ0) is 23.3. The average molecular weight is 483 g/mol. The summed E-state index contributed by atoms with van der Waals surface area (Å²) in [7, 11) is 0. The van der Waals surface area contributed by atoms with Crippen molar-refractivity contribution in [3.8, 4) is 0 Å². The van der Waals surface area contributed by atoms with Gasteiger partial charge in [-0.25, -0.2) is 4.79 Å². The summed E-state index contributed by atoms with van der Waals surface area (Å²) in [6.45, 7) is 4.22. The van der Waals surface area contributed by atoms with E-state index in [1.807, 2.05) is 6.07 Å². The number of amides is 1. The standard InChI is InChI=1S/C22H30N2O6S2/c1-3-30-18(11-16(20(26)27)15-7-5-4-6-8-15)23-14(2)19(25)24-13-22(31-9-10-32-22)12-17(24)21(28)29/h4-8,14,16-18,23H,3,9-13H2,1-2H3,(H,26,27)(H,28,29)/t14-,16?,17-,18-/m0/s1. The van der Waals surface area contributed by atoms with Gasteiger partial charge >= 0.3 is 11.9 Å². The van der Waals surface area contributed by atoms with Gasteiger partial charge in [-0.15, -0.1) is 23.5 Å². The van der Waals surface area contributed by atoms with Gasteiger partial charge in [0.25, 0.3) is 0 Å². The first-order chi connectivity index (χ1) is 15.3. The summed E-state index contributed by atoms with van der Waals surface area (Å²) >= 11 is 3.47. The summed E-state index contributed by atoms with van der Waals surface area (Å²) in [6, 6.07) is 7.34. The Kier molecular flexibility index (Phi) is 8.49. The van der Waals surface area contributed by atoms with E-state index in [1.165, 1.54) is 4.90 Å². The zero-order valence-corrected chi connectivity index (χ0v) is 19.9. The highest BCUT2D eigenvalue weighted by Gasteiger charge is 2.52. The predicted octanol–water partition coefficient (Wildman–Crippen LogP) is 2.45. The van der Waals surface area contributed by atoms with E-state index in [-0.39, 0.29) is 16.4 Å². The predicted molar refractivity (Wildman–Crippen MR) is 125 cm³/mol. The van der Waals surface area contributed by atoms with Gasteiger partial charge in [-0.1, -0.05) is 30.3 Å². The molecule has 176 valence electrons. The Morgan fingerprint density at radius 2 is 1.88 bits per heavy atom. The Hall–Kier alpha value is -1.75. The second-order valence-corrected chi connectivity index (χ2v) is 11.2. The van der Waals surface area contributed by atoms with E-state index in [2.05, 4.69) is 5.32 Å². The van der Waals surface area contributed by atoms with Crippen LogP contribution in [0, 0.1) is 0 Å². The van der Waals surface area contributed by atoms with E-state index < -0.39 is 36.2 Å². The lowest BCUT2D eigenvalue weighted by Crippen LogP contribution is -2.52. The van der Waals surface area contributed by atoms with Crippen LogP contribution in [0.2, 0.25) is 0 Å². The van der Waals surface area contributed by atoms with Gasteiger partial charge in [-0.05, 0) is 19.4 Å². The minimum absolute atomic E-state index is 0.142. The molecule has 0 radical (unpaired) electrons. The summed E-state index contributed by atoms with van der Waals surface area (Å²) in [5.74, 6) is -1.16. The molecular formula is C22H30N2O6S2. The molecule has 0 aliphatic carbocycles. The normalized spacial score (nSPS) is 22.6. The molecule has 32 heavy (non-hydrogen) atoms. The smallest absolute Gasteiger partial charge is 0.326 e. The topological polar surface area (TPSA) is 116 Å². The van der Waals surface area contributed by atoms with Crippen molar-refractivity contribution in [1.29, 1.82) is 0 Å². The number of benzene rings is 1. The average Bonchev–Trinajstić information content (AvgIpc) is 3.39. The number of aliphatic carboxylic acids is 2. The van der Waals surface area contributed by atoms with Crippen molar-refractivity contribution < 1.29 is 29.3 Å². The fraction of sp³-hybridized carbons (Fsp3) is 0.591. The number of likely N-dealkylation sites (tertiary alicyclic amines) is 1. The molecule has 0 bridgehead atoms. The van der Waals surface area contributed by atoms with Gasteiger partial charge in [0.05, 0.1) is 16.0 Å². The molecule has 3 N–H and O–H groups in total. The molecule has 2 saturated heterocycles. The van der Waals surface area contributed by atoms with E-state index in [0.717, 1.165) is 11.5 Å².